The van der Waals surface area contributed by atoms with E-state index in [1.54, 1.807) is 6.33 Å². The Balaban J connectivity index is 2.26. The molecule has 0 aliphatic carbocycles. The Kier molecular flexibility index (Phi) is 3.19. The Labute approximate surface area is 108 Å². The molecule has 1 atom stereocenters. The van der Waals surface area contributed by atoms with Gasteiger partial charge < -0.3 is 15.6 Å². The third kappa shape index (κ3) is 2.27. The van der Waals surface area contributed by atoms with Crippen LogP contribution in [0.5, 0.6) is 0 Å². The first kappa shape index (κ1) is 13.1. The molecule has 1 aromatic heterocycles. The predicted molar refractivity (Wildman–Crippen MR) is 70.0 cm³/mol. The molecular weight excluding hydrogens is 228 g/mol. The van der Waals surface area contributed by atoms with Crippen LogP contribution >= 0.6 is 0 Å². The van der Waals surface area contributed by atoms with Crippen LogP contribution in [0.15, 0.2) is 12.5 Å². The second-order valence-corrected chi connectivity index (χ2v) is 6.14. The fraction of sp³-hybridized carbons (Fsp3) is 0.692. The van der Waals surface area contributed by atoms with Crippen molar-refractivity contribution in [1.82, 2.24) is 14.9 Å². The first-order chi connectivity index (χ1) is 8.35. The van der Waals surface area contributed by atoms with E-state index in [4.69, 9.17) is 5.73 Å². The monoisotopic (exact) mass is 250 g/mol. The highest BCUT2D eigenvalue weighted by Crippen LogP contribution is 2.31. The van der Waals surface area contributed by atoms with Crippen LogP contribution < -0.4 is 11.1 Å². The van der Waals surface area contributed by atoms with Crippen LogP contribution in [0.1, 0.15) is 32.9 Å². The quantitative estimate of drug-likeness (QED) is 0.824. The van der Waals surface area contributed by atoms with Gasteiger partial charge in [-0.3, -0.25) is 4.79 Å². The third-order valence-corrected chi connectivity index (χ3v) is 3.93. The molecule has 2 heterocycles. The summed E-state index contributed by atoms with van der Waals surface area (Å²) in [6, 6.07) is 0. The summed E-state index contributed by atoms with van der Waals surface area (Å²) in [5.41, 5.74) is 6.16. The Bertz CT molecular complexity index is 444. The summed E-state index contributed by atoms with van der Waals surface area (Å²) in [6.45, 7) is 8.53. The van der Waals surface area contributed by atoms with Crippen molar-refractivity contribution in [1.29, 1.82) is 0 Å². The summed E-state index contributed by atoms with van der Waals surface area (Å²) >= 11 is 0. The molecule has 1 fully saturated rings. The molecule has 1 saturated heterocycles. The Hall–Kier alpha value is -1.36. The van der Waals surface area contributed by atoms with Gasteiger partial charge in [0.1, 0.15) is 0 Å². The van der Waals surface area contributed by atoms with E-state index in [1.807, 2.05) is 20.0 Å². The van der Waals surface area contributed by atoms with Crippen molar-refractivity contribution in [2.75, 3.05) is 13.1 Å². The van der Waals surface area contributed by atoms with E-state index >= 15 is 0 Å². The number of primary amides is 1. The van der Waals surface area contributed by atoms with Gasteiger partial charge in [0.25, 0.3) is 0 Å². The van der Waals surface area contributed by atoms with Gasteiger partial charge in [0, 0.05) is 30.4 Å². The van der Waals surface area contributed by atoms with E-state index in [9.17, 15) is 4.79 Å². The first-order valence-electron chi connectivity index (χ1n) is 6.36. The Morgan fingerprint density at radius 2 is 2.39 bits per heavy atom. The summed E-state index contributed by atoms with van der Waals surface area (Å²) in [6.07, 6.45) is 4.80. The fourth-order valence-electron chi connectivity index (χ4n) is 2.49. The summed E-state index contributed by atoms with van der Waals surface area (Å²) < 4.78 is 2.07. The maximum atomic E-state index is 11.4. The number of nitrogens with one attached hydrogen (secondary N) is 1. The van der Waals surface area contributed by atoms with Gasteiger partial charge in [-0.25, -0.2) is 4.98 Å². The molecule has 1 amide bonds. The van der Waals surface area contributed by atoms with E-state index < -0.39 is 5.41 Å². The van der Waals surface area contributed by atoms with Crippen LogP contribution in [0.2, 0.25) is 0 Å². The van der Waals surface area contributed by atoms with Gasteiger partial charge in [0.15, 0.2) is 0 Å². The van der Waals surface area contributed by atoms with Crippen molar-refractivity contribution >= 4 is 5.91 Å². The zero-order valence-corrected chi connectivity index (χ0v) is 11.4. The normalized spacial score (nSPS) is 24.4. The minimum Gasteiger partial charge on any atom is -0.369 e. The standard InChI is InChI=1S/C13H22N4O/c1-12(2,11(14)18)8-17-9-16-6-10(17)13(3)4-5-15-7-13/h6,9,15H,4-5,7-8H2,1-3H3,(H2,14,18). The summed E-state index contributed by atoms with van der Waals surface area (Å²) in [7, 11) is 0. The number of amides is 1. The largest absolute Gasteiger partial charge is 0.369 e. The summed E-state index contributed by atoms with van der Waals surface area (Å²) in [5.74, 6) is -0.281. The van der Waals surface area contributed by atoms with E-state index in [1.165, 1.54) is 5.69 Å². The van der Waals surface area contributed by atoms with Crippen LogP contribution in [-0.4, -0.2) is 28.5 Å². The van der Waals surface area contributed by atoms with Gasteiger partial charge in [0.05, 0.1) is 11.7 Å². The van der Waals surface area contributed by atoms with Gasteiger partial charge in [0.2, 0.25) is 5.91 Å². The lowest BCUT2D eigenvalue weighted by Crippen LogP contribution is -2.37. The van der Waals surface area contributed by atoms with Crippen LogP contribution in [0, 0.1) is 5.41 Å². The number of aromatic nitrogens is 2. The van der Waals surface area contributed by atoms with Crippen molar-refractivity contribution in [2.45, 2.75) is 39.2 Å². The average Bonchev–Trinajstić information content (AvgIpc) is 2.87. The number of rotatable bonds is 4. The molecule has 2 rings (SSSR count). The topological polar surface area (TPSA) is 72.9 Å². The van der Waals surface area contributed by atoms with Crippen LogP contribution in [0.25, 0.3) is 0 Å². The summed E-state index contributed by atoms with van der Waals surface area (Å²) in [5, 5.41) is 3.38. The van der Waals surface area contributed by atoms with E-state index in [0.29, 0.717) is 6.54 Å². The molecular formula is C13H22N4O. The fourth-order valence-corrected chi connectivity index (χ4v) is 2.49. The van der Waals surface area contributed by atoms with E-state index in [0.717, 1.165) is 19.5 Å². The number of carbonyl (C=O) groups excluding carboxylic acids is 1. The van der Waals surface area contributed by atoms with Gasteiger partial charge in [-0.05, 0) is 26.8 Å². The summed E-state index contributed by atoms with van der Waals surface area (Å²) in [4.78, 5) is 15.7. The number of nitrogens with two attached hydrogens (primary N) is 1. The molecule has 18 heavy (non-hydrogen) atoms. The highest BCUT2D eigenvalue weighted by Gasteiger charge is 2.35. The van der Waals surface area contributed by atoms with Gasteiger partial charge in [-0.15, -0.1) is 0 Å². The molecule has 0 bridgehead atoms. The van der Waals surface area contributed by atoms with Crippen molar-refractivity contribution in [3.8, 4) is 0 Å². The minimum atomic E-state index is -0.558. The average molecular weight is 250 g/mol. The SMILES string of the molecule is CC(C)(Cn1cncc1C1(C)CCNC1)C(N)=O. The van der Waals surface area contributed by atoms with Crippen molar-refractivity contribution in [3.05, 3.63) is 18.2 Å². The Morgan fingerprint density at radius 3 is 2.94 bits per heavy atom. The number of nitrogens with zero attached hydrogens (tertiary/aromatic N) is 2. The molecule has 5 heteroatoms. The molecule has 5 nitrogen and oxygen atoms in total. The molecule has 0 saturated carbocycles. The Morgan fingerprint density at radius 1 is 1.67 bits per heavy atom. The van der Waals surface area contributed by atoms with Crippen molar-refractivity contribution in [2.24, 2.45) is 11.1 Å². The molecule has 0 radical (unpaired) electrons. The lowest BCUT2D eigenvalue weighted by Gasteiger charge is -2.28. The maximum absolute atomic E-state index is 11.4. The molecule has 1 aromatic rings. The maximum Gasteiger partial charge on any atom is 0.224 e. The molecule has 100 valence electrons. The molecule has 0 spiro atoms. The third-order valence-electron chi connectivity index (χ3n) is 3.93. The van der Waals surface area contributed by atoms with Crippen LogP contribution in [-0.2, 0) is 16.8 Å². The predicted octanol–water partition coefficient (Wildman–Crippen LogP) is 0.646. The van der Waals surface area contributed by atoms with Gasteiger partial charge >= 0.3 is 0 Å². The van der Waals surface area contributed by atoms with Crippen LogP contribution in [0.4, 0.5) is 0 Å². The second kappa shape index (κ2) is 4.39. The number of carbonyl (C=O) groups is 1. The highest BCUT2D eigenvalue weighted by molar-refractivity contribution is 5.79. The molecule has 3 N–H and O–H groups in total. The highest BCUT2D eigenvalue weighted by atomic mass is 16.1. The number of hydrogen-bond donors (Lipinski definition) is 2. The lowest BCUT2D eigenvalue weighted by molar-refractivity contribution is -0.126. The number of imidazole rings is 1. The molecule has 0 aromatic carbocycles. The minimum absolute atomic E-state index is 0.101. The first-order valence-corrected chi connectivity index (χ1v) is 6.36. The zero-order valence-electron chi connectivity index (χ0n) is 11.4. The van der Waals surface area contributed by atoms with Crippen molar-refractivity contribution < 1.29 is 4.79 Å². The van der Waals surface area contributed by atoms with Gasteiger partial charge in [-0.1, -0.05) is 6.92 Å². The smallest absolute Gasteiger partial charge is 0.224 e. The van der Waals surface area contributed by atoms with E-state index in [2.05, 4.69) is 21.8 Å². The number of hydrogen-bond acceptors (Lipinski definition) is 3. The molecule has 1 unspecified atom stereocenters. The second-order valence-electron chi connectivity index (χ2n) is 6.14. The van der Waals surface area contributed by atoms with Gasteiger partial charge in [-0.2, -0.15) is 0 Å². The van der Waals surface area contributed by atoms with Crippen molar-refractivity contribution in [3.63, 3.8) is 0 Å². The van der Waals surface area contributed by atoms with E-state index in [-0.39, 0.29) is 11.3 Å². The molecule has 1 aliphatic rings. The molecule has 1 aliphatic heterocycles. The zero-order chi connectivity index (χ0) is 13.4. The van der Waals surface area contributed by atoms with Crippen LogP contribution in [0.3, 0.4) is 0 Å². The lowest BCUT2D eigenvalue weighted by atomic mass is 9.85.